The molecular weight excluding hydrogens is 220 g/mol. The summed E-state index contributed by atoms with van der Waals surface area (Å²) in [6.45, 7) is 1.96. The lowest BCUT2D eigenvalue weighted by Gasteiger charge is -2.08. The standard InChI is InChI=1S/C13H12O4/c1-9-3-5-11(12(7-9)15-2)17-13-6-4-10(8-14)16-13/h3-8H,1-2H3. The molecule has 2 aromatic rings. The van der Waals surface area contributed by atoms with Crippen LogP contribution in [0, 0.1) is 6.92 Å². The summed E-state index contributed by atoms with van der Waals surface area (Å²) in [5.41, 5.74) is 1.07. The molecular formula is C13H12O4. The maximum absolute atomic E-state index is 10.5. The van der Waals surface area contributed by atoms with E-state index in [0.29, 0.717) is 17.8 Å². The maximum Gasteiger partial charge on any atom is 0.290 e. The number of ether oxygens (including phenoxy) is 2. The van der Waals surface area contributed by atoms with Gasteiger partial charge in [0.2, 0.25) is 0 Å². The van der Waals surface area contributed by atoms with E-state index in [1.165, 1.54) is 0 Å². The van der Waals surface area contributed by atoms with E-state index >= 15 is 0 Å². The molecule has 4 heteroatoms. The Kier molecular flexibility index (Phi) is 3.14. The van der Waals surface area contributed by atoms with E-state index in [9.17, 15) is 4.79 Å². The maximum atomic E-state index is 10.5. The summed E-state index contributed by atoms with van der Waals surface area (Å²) in [6.07, 6.45) is 0.624. The molecule has 0 bridgehead atoms. The lowest BCUT2D eigenvalue weighted by molar-refractivity contribution is 0.109. The topological polar surface area (TPSA) is 48.7 Å². The molecule has 2 rings (SSSR count). The van der Waals surface area contributed by atoms with Gasteiger partial charge >= 0.3 is 0 Å². The van der Waals surface area contributed by atoms with Crippen LogP contribution < -0.4 is 9.47 Å². The molecule has 1 heterocycles. The zero-order chi connectivity index (χ0) is 12.3. The highest BCUT2D eigenvalue weighted by molar-refractivity contribution is 5.70. The van der Waals surface area contributed by atoms with Crippen LogP contribution in [0.15, 0.2) is 34.7 Å². The van der Waals surface area contributed by atoms with Gasteiger partial charge in [-0.25, -0.2) is 0 Å². The molecule has 0 saturated carbocycles. The number of carbonyl (C=O) groups excluding carboxylic acids is 1. The van der Waals surface area contributed by atoms with E-state index in [2.05, 4.69) is 0 Å². The molecule has 1 aromatic heterocycles. The molecule has 0 spiro atoms. The SMILES string of the molecule is COc1cc(C)ccc1Oc1ccc(C=O)o1. The highest BCUT2D eigenvalue weighted by atomic mass is 16.6. The molecule has 0 aliphatic rings. The fourth-order valence-electron chi connectivity index (χ4n) is 1.42. The van der Waals surface area contributed by atoms with Crippen molar-refractivity contribution in [3.63, 3.8) is 0 Å². The molecule has 4 nitrogen and oxygen atoms in total. The molecule has 0 radical (unpaired) electrons. The predicted octanol–water partition coefficient (Wildman–Crippen LogP) is 3.20. The zero-order valence-electron chi connectivity index (χ0n) is 9.60. The Bertz CT molecular complexity index is 528. The van der Waals surface area contributed by atoms with Crippen molar-refractivity contribution in [2.75, 3.05) is 7.11 Å². The van der Waals surface area contributed by atoms with Crippen LogP contribution in [0.5, 0.6) is 17.4 Å². The lowest BCUT2D eigenvalue weighted by atomic mass is 10.2. The van der Waals surface area contributed by atoms with Crippen LogP contribution in [0.1, 0.15) is 16.1 Å². The highest BCUT2D eigenvalue weighted by Gasteiger charge is 2.08. The monoisotopic (exact) mass is 232 g/mol. The van der Waals surface area contributed by atoms with Gasteiger partial charge in [-0.15, -0.1) is 0 Å². The largest absolute Gasteiger partial charge is 0.493 e. The quantitative estimate of drug-likeness (QED) is 0.759. The van der Waals surface area contributed by atoms with Gasteiger partial charge in [-0.3, -0.25) is 4.79 Å². The van der Waals surface area contributed by atoms with Crippen LogP contribution in [0.4, 0.5) is 0 Å². The van der Waals surface area contributed by atoms with Gasteiger partial charge in [0, 0.05) is 6.07 Å². The van der Waals surface area contributed by atoms with Gasteiger partial charge in [-0.2, -0.15) is 0 Å². The first-order valence-electron chi connectivity index (χ1n) is 5.10. The lowest BCUT2D eigenvalue weighted by Crippen LogP contribution is -1.90. The first kappa shape index (κ1) is 11.3. The number of methoxy groups -OCH3 is 1. The van der Waals surface area contributed by atoms with Crippen molar-refractivity contribution in [2.45, 2.75) is 6.92 Å². The number of hydrogen-bond donors (Lipinski definition) is 0. The number of aldehydes is 1. The van der Waals surface area contributed by atoms with E-state index < -0.39 is 0 Å². The first-order chi connectivity index (χ1) is 8.22. The van der Waals surface area contributed by atoms with Gasteiger partial charge in [0.15, 0.2) is 23.5 Å². The molecule has 1 aromatic carbocycles. The Morgan fingerprint density at radius 3 is 2.65 bits per heavy atom. The number of furan rings is 1. The predicted molar refractivity (Wildman–Crippen MR) is 61.9 cm³/mol. The van der Waals surface area contributed by atoms with Crippen molar-refractivity contribution in [3.05, 3.63) is 41.7 Å². The van der Waals surface area contributed by atoms with Gasteiger partial charge in [-0.1, -0.05) is 6.07 Å². The second kappa shape index (κ2) is 4.74. The Morgan fingerprint density at radius 1 is 1.18 bits per heavy atom. The van der Waals surface area contributed by atoms with E-state index in [0.717, 1.165) is 5.56 Å². The number of aryl methyl sites for hydroxylation is 1. The van der Waals surface area contributed by atoms with Crippen LogP contribution in [-0.4, -0.2) is 13.4 Å². The Balaban J connectivity index is 2.25. The second-order valence-electron chi connectivity index (χ2n) is 3.53. The zero-order valence-corrected chi connectivity index (χ0v) is 9.60. The third kappa shape index (κ3) is 2.47. The van der Waals surface area contributed by atoms with E-state index in [4.69, 9.17) is 13.9 Å². The summed E-state index contributed by atoms with van der Waals surface area (Å²) in [5.74, 6) is 1.65. The molecule has 88 valence electrons. The molecule has 0 unspecified atom stereocenters. The number of hydrogen-bond acceptors (Lipinski definition) is 4. The molecule has 0 atom stereocenters. The third-order valence-electron chi connectivity index (χ3n) is 2.25. The highest BCUT2D eigenvalue weighted by Crippen LogP contribution is 2.32. The average Bonchev–Trinajstić information content (AvgIpc) is 2.79. The Hall–Kier alpha value is -2.23. The van der Waals surface area contributed by atoms with Crippen molar-refractivity contribution >= 4 is 6.29 Å². The molecule has 0 saturated heterocycles. The van der Waals surface area contributed by atoms with Crippen molar-refractivity contribution < 1.29 is 18.7 Å². The Labute approximate surface area is 98.8 Å². The van der Waals surface area contributed by atoms with Crippen LogP contribution in [0.25, 0.3) is 0 Å². The number of rotatable bonds is 4. The van der Waals surface area contributed by atoms with Gasteiger partial charge < -0.3 is 13.9 Å². The van der Waals surface area contributed by atoms with Crippen LogP contribution >= 0.6 is 0 Å². The molecule has 0 aliphatic carbocycles. The Morgan fingerprint density at radius 2 is 2.00 bits per heavy atom. The smallest absolute Gasteiger partial charge is 0.290 e. The van der Waals surface area contributed by atoms with E-state index in [1.807, 2.05) is 19.1 Å². The van der Waals surface area contributed by atoms with Crippen LogP contribution in [-0.2, 0) is 0 Å². The van der Waals surface area contributed by atoms with Crippen molar-refractivity contribution in [2.24, 2.45) is 0 Å². The minimum atomic E-state index is 0.228. The first-order valence-corrected chi connectivity index (χ1v) is 5.10. The summed E-state index contributed by atoms with van der Waals surface area (Å²) in [5, 5.41) is 0. The molecule has 0 aliphatic heterocycles. The van der Waals surface area contributed by atoms with Crippen LogP contribution in [0.2, 0.25) is 0 Å². The van der Waals surface area contributed by atoms with Gasteiger partial charge in [0.1, 0.15) is 0 Å². The van der Waals surface area contributed by atoms with Crippen molar-refractivity contribution in [3.8, 4) is 17.4 Å². The minimum Gasteiger partial charge on any atom is -0.493 e. The average molecular weight is 232 g/mol. The molecule has 0 N–H and O–H groups in total. The van der Waals surface area contributed by atoms with E-state index in [-0.39, 0.29) is 11.7 Å². The second-order valence-corrected chi connectivity index (χ2v) is 3.53. The third-order valence-corrected chi connectivity index (χ3v) is 2.25. The van der Waals surface area contributed by atoms with E-state index in [1.54, 1.807) is 25.3 Å². The summed E-state index contributed by atoms with van der Waals surface area (Å²) >= 11 is 0. The molecule has 17 heavy (non-hydrogen) atoms. The molecule has 0 amide bonds. The van der Waals surface area contributed by atoms with Gasteiger partial charge in [-0.05, 0) is 30.7 Å². The fourth-order valence-corrected chi connectivity index (χ4v) is 1.42. The summed E-state index contributed by atoms with van der Waals surface area (Å²) in [7, 11) is 1.57. The summed E-state index contributed by atoms with van der Waals surface area (Å²) < 4.78 is 15.8. The fraction of sp³-hybridized carbons (Fsp3) is 0.154. The van der Waals surface area contributed by atoms with Gasteiger partial charge in [0.25, 0.3) is 5.95 Å². The summed E-state index contributed by atoms with van der Waals surface area (Å²) in [6, 6.07) is 8.68. The summed E-state index contributed by atoms with van der Waals surface area (Å²) in [4.78, 5) is 10.5. The number of carbonyl (C=O) groups is 1. The van der Waals surface area contributed by atoms with Gasteiger partial charge in [0.05, 0.1) is 7.11 Å². The van der Waals surface area contributed by atoms with Crippen molar-refractivity contribution in [1.29, 1.82) is 0 Å². The van der Waals surface area contributed by atoms with Crippen molar-refractivity contribution in [1.82, 2.24) is 0 Å². The van der Waals surface area contributed by atoms with Crippen LogP contribution in [0.3, 0.4) is 0 Å². The number of benzene rings is 1. The molecule has 0 fully saturated rings. The minimum absolute atomic E-state index is 0.228. The normalized spacial score (nSPS) is 10.0.